The zero-order chi connectivity index (χ0) is 20.4. The van der Waals surface area contributed by atoms with Crippen molar-refractivity contribution in [3.8, 4) is 5.75 Å². The lowest BCUT2D eigenvalue weighted by molar-refractivity contribution is -0.135. The monoisotopic (exact) mass is 396 g/mol. The highest BCUT2D eigenvalue weighted by Crippen LogP contribution is 2.35. The lowest BCUT2D eigenvalue weighted by Crippen LogP contribution is -2.49. The third-order valence-corrected chi connectivity index (χ3v) is 6.49. The van der Waals surface area contributed by atoms with Crippen LogP contribution in [0.4, 0.5) is 4.39 Å². The number of phenols is 1. The van der Waals surface area contributed by atoms with Gasteiger partial charge in [-0.05, 0) is 49.1 Å². The maximum atomic E-state index is 15.0. The number of likely N-dealkylation sites (tertiary alicyclic amines) is 2. The molecule has 2 fully saturated rings. The zero-order valence-corrected chi connectivity index (χ0v) is 16.9. The summed E-state index contributed by atoms with van der Waals surface area (Å²) in [6.07, 6.45) is 1.31. The first-order valence-corrected chi connectivity index (χ1v) is 10.6. The second-order valence-corrected chi connectivity index (χ2v) is 8.17. The Bertz CT molecular complexity index is 827. The van der Waals surface area contributed by atoms with Crippen LogP contribution < -0.4 is 0 Å². The molecule has 2 aromatic rings. The number of carbonyl (C=O) groups excluding carboxylic acids is 1. The van der Waals surface area contributed by atoms with Gasteiger partial charge in [-0.15, -0.1) is 0 Å². The van der Waals surface area contributed by atoms with Gasteiger partial charge in [0.05, 0.1) is 12.1 Å². The first-order valence-electron chi connectivity index (χ1n) is 10.6. The molecule has 29 heavy (non-hydrogen) atoms. The molecule has 0 radical (unpaired) electrons. The smallest absolute Gasteiger partial charge is 0.240 e. The second-order valence-electron chi connectivity index (χ2n) is 8.17. The minimum atomic E-state index is -1.01. The second kappa shape index (κ2) is 8.54. The largest absolute Gasteiger partial charge is 0.508 e. The molecule has 0 spiro atoms. The quantitative estimate of drug-likeness (QED) is 0.821. The molecular weight excluding hydrogens is 367 g/mol. The van der Waals surface area contributed by atoms with E-state index in [0.29, 0.717) is 6.42 Å². The molecule has 5 heteroatoms. The minimum Gasteiger partial charge on any atom is -0.508 e. The van der Waals surface area contributed by atoms with Crippen LogP contribution in [0.5, 0.6) is 5.75 Å². The molecule has 0 unspecified atom stereocenters. The number of alkyl halides is 1. The predicted octanol–water partition coefficient (Wildman–Crippen LogP) is 4.27. The average Bonchev–Trinajstić information content (AvgIpc) is 3.11. The van der Waals surface area contributed by atoms with Crippen molar-refractivity contribution in [2.24, 2.45) is 0 Å². The molecule has 4 nitrogen and oxygen atoms in total. The van der Waals surface area contributed by atoms with Crippen molar-refractivity contribution in [2.45, 2.75) is 50.4 Å². The molecule has 4 atom stereocenters. The molecule has 0 aromatic heterocycles. The molecule has 1 N–H and O–H groups in total. The highest BCUT2D eigenvalue weighted by Gasteiger charge is 2.42. The Hall–Kier alpha value is -2.40. The van der Waals surface area contributed by atoms with Crippen molar-refractivity contribution >= 4 is 5.91 Å². The van der Waals surface area contributed by atoms with Gasteiger partial charge >= 0.3 is 0 Å². The van der Waals surface area contributed by atoms with Gasteiger partial charge in [0.15, 0.2) is 0 Å². The molecule has 0 bridgehead atoms. The number of halogens is 1. The van der Waals surface area contributed by atoms with Gasteiger partial charge in [-0.2, -0.15) is 0 Å². The molecule has 0 saturated carbocycles. The number of piperidine rings is 1. The van der Waals surface area contributed by atoms with E-state index in [-0.39, 0.29) is 36.2 Å². The summed E-state index contributed by atoms with van der Waals surface area (Å²) < 4.78 is 15.0. The molecule has 4 rings (SSSR count). The van der Waals surface area contributed by atoms with Crippen molar-refractivity contribution < 1.29 is 14.3 Å². The van der Waals surface area contributed by atoms with Gasteiger partial charge in [-0.1, -0.05) is 49.4 Å². The summed E-state index contributed by atoms with van der Waals surface area (Å²) in [5, 5.41) is 9.46. The molecule has 2 heterocycles. The fourth-order valence-corrected chi connectivity index (χ4v) is 4.95. The number of amides is 1. The third-order valence-electron chi connectivity index (χ3n) is 6.49. The summed E-state index contributed by atoms with van der Waals surface area (Å²) in [4.78, 5) is 17.2. The molecule has 2 aromatic carbocycles. The van der Waals surface area contributed by atoms with Crippen molar-refractivity contribution in [1.29, 1.82) is 0 Å². The molecule has 1 amide bonds. The molecule has 2 aliphatic heterocycles. The van der Waals surface area contributed by atoms with Gasteiger partial charge in [0.1, 0.15) is 11.9 Å². The van der Waals surface area contributed by atoms with E-state index >= 15 is 4.39 Å². The number of aromatic hydroxyl groups is 1. The van der Waals surface area contributed by atoms with E-state index in [1.165, 1.54) is 5.56 Å². The molecule has 2 aliphatic rings. The molecular formula is C24H29FN2O2. The van der Waals surface area contributed by atoms with Crippen LogP contribution in [0.2, 0.25) is 0 Å². The highest BCUT2D eigenvalue weighted by atomic mass is 19.1. The van der Waals surface area contributed by atoms with Crippen LogP contribution in [-0.4, -0.2) is 52.7 Å². The van der Waals surface area contributed by atoms with Crippen molar-refractivity contribution in [2.75, 3.05) is 19.6 Å². The Kier molecular flexibility index (Phi) is 5.86. The van der Waals surface area contributed by atoms with Crippen LogP contribution in [0.25, 0.3) is 0 Å². The molecule has 0 aliphatic carbocycles. The molecule has 2 saturated heterocycles. The van der Waals surface area contributed by atoms with Gasteiger partial charge < -0.3 is 10.0 Å². The standard InChI is InChI=1S/C24H29FN2O2/c1-2-22(18-6-4-3-5-7-18)27-15-13-23(24(27)29)26-14-12-20(21(25)16-26)17-8-10-19(28)11-9-17/h3-11,20-23,28H,2,12-16H2,1H3/t20-,21+,22+,23-/m1/s1. The molecule has 154 valence electrons. The average molecular weight is 397 g/mol. The summed E-state index contributed by atoms with van der Waals surface area (Å²) in [7, 11) is 0. The Morgan fingerprint density at radius 1 is 1.07 bits per heavy atom. The lowest BCUT2D eigenvalue weighted by atomic mass is 9.87. The first-order chi connectivity index (χ1) is 14.1. The minimum absolute atomic E-state index is 0.0874. The Morgan fingerprint density at radius 3 is 2.45 bits per heavy atom. The Morgan fingerprint density at radius 2 is 1.79 bits per heavy atom. The van der Waals surface area contributed by atoms with Gasteiger partial charge in [0, 0.05) is 19.0 Å². The van der Waals surface area contributed by atoms with Crippen LogP contribution in [0.15, 0.2) is 54.6 Å². The predicted molar refractivity (Wildman–Crippen MR) is 112 cm³/mol. The van der Waals surface area contributed by atoms with E-state index in [1.807, 2.05) is 28.0 Å². The number of hydrogen-bond donors (Lipinski definition) is 1. The normalized spacial score (nSPS) is 26.6. The SMILES string of the molecule is CC[C@@H](c1ccccc1)N1CC[C@@H](N2CC[C@H](c3ccc(O)cc3)[C@@H](F)C2)C1=O. The fraction of sp³-hybridized carbons (Fsp3) is 0.458. The summed E-state index contributed by atoms with van der Waals surface area (Å²) in [6.45, 7) is 3.85. The fourth-order valence-electron chi connectivity index (χ4n) is 4.95. The number of nitrogens with zero attached hydrogens (tertiary/aromatic N) is 2. The Balaban J connectivity index is 1.42. The van der Waals surface area contributed by atoms with Gasteiger partial charge in [-0.3, -0.25) is 9.69 Å². The van der Waals surface area contributed by atoms with Crippen LogP contribution in [-0.2, 0) is 4.79 Å². The summed E-state index contributed by atoms with van der Waals surface area (Å²) in [5.74, 6) is 0.158. The van der Waals surface area contributed by atoms with E-state index in [0.717, 1.165) is 31.5 Å². The van der Waals surface area contributed by atoms with Crippen LogP contribution >= 0.6 is 0 Å². The topological polar surface area (TPSA) is 43.8 Å². The number of phenolic OH excluding ortho intramolecular Hbond substituents is 1. The third kappa shape index (κ3) is 4.01. The van der Waals surface area contributed by atoms with E-state index in [9.17, 15) is 9.90 Å². The van der Waals surface area contributed by atoms with Crippen molar-refractivity contribution in [1.82, 2.24) is 9.80 Å². The number of carbonyl (C=O) groups is 1. The van der Waals surface area contributed by atoms with Crippen molar-refractivity contribution in [3.63, 3.8) is 0 Å². The number of benzene rings is 2. The van der Waals surface area contributed by atoms with Gasteiger partial charge in [0.2, 0.25) is 5.91 Å². The van der Waals surface area contributed by atoms with Crippen molar-refractivity contribution in [3.05, 3.63) is 65.7 Å². The summed E-state index contributed by atoms with van der Waals surface area (Å²) in [6, 6.07) is 16.9. The van der Waals surface area contributed by atoms with E-state index in [4.69, 9.17) is 0 Å². The maximum Gasteiger partial charge on any atom is 0.240 e. The first kappa shape index (κ1) is 19.9. The zero-order valence-electron chi connectivity index (χ0n) is 16.9. The number of hydrogen-bond acceptors (Lipinski definition) is 3. The summed E-state index contributed by atoms with van der Waals surface area (Å²) in [5.41, 5.74) is 2.09. The highest BCUT2D eigenvalue weighted by molar-refractivity contribution is 5.84. The lowest BCUT2D eigenvalue weighted by Gasteiger charge is -2.38. The van der Waals surface area contributed by atoms with Crippen LogP contribution in [0.3, 0.4) is 0 Å². The maximum absolute atomic E-state index is 15.0. The summed E-state index contributed by atoms with van der Waals surface area (Å²) >= 11 is 0. The van der Waals surface area contributed by atoms with Crippen LogP contribution in [0, 0.1) is 0 Å². The Labute approximate surface area is 171 Å². The van der Waals surface area contributed by atoms with Gasteiger partial charge in [0.25, 0.3) is 0 Å². The van der Waals surface area contributed by atoms with Gasteiger partial charge in [-0.25, -0.2) is 4.39 Å². The van der Waals surface area contributed by atoms with E-state index < -0.39 is 6.17 Å². The number of rotatable bonds is 5. The van der Waals surface area contributed by atoms with E-state index in [2.05, 4.69) is 19.1 Å². The van der Waals surface area contributed by atoms with E-state index in [1.54, 1.807) is 24.3 Å². The van der Waals surface area contributed by atoms with Crippen LogP contribution in [0.1, 0.15) is 49.3 Å².